The molecule has 0 amide bonds. The van der Waals surface area contributed by atoms with E-state index in [4.69, 9.17) is 23.2 Å². The van der Waals surface area contributed by atoms with Gasteiger partial charge in [-0.2, -0.15) is 0 Å². The lowest BCUT2D eigenvalue weighted by atomic mass is 10.3. The molecule has 0 fully saturated rings. The Balaban J connectivity index is 3.60. The quantitative estimate of drug-likeness (QED) is 0.481. The zero-order valence-corrected chi connectivity index (χ0v) is 11.6. The highest BCUT2D eigenvalue weighted by Gasteiger charge is 2.16. The monoisotopic (exact) mass is 396 g/mol. The van der Waals surface area contributed by atoms with Gasteiger partial charge in [-0.3, -0.25) is 0 Å². The molecule has 0 saturated carbocycles. The standard InChI is InChI=1S/C6HBr3Cl2O/c7-1-2(8)5(11)6(12)3(9)4(1)10/h12H. The van der Waals surface area contributed by atoms with Crippen LogP contribution in [-0.2, 0) is 0 Å². The van der Waals surface area contributed by atoms with Crippen LogP contribution in [0.1, 0.15) is 0 Å². The van der Waals surface area contributed by atoms with Crippen molar-refractivity contribution < 1.29 is 5.11 Å². The van der Waals surface area contributed by atoms with Crippen LogP contribution < -0.4 is 0 Å². The highest BCUT2D eigenvalue weighted by Crippen LogP contribution is 2.47. The average molecular weight is 400 g/mol. The summed E-state index contributed by atoms with van der Waals surface area (Å²) in [6.45, 7) is 0. The zero-order valence-electron chi connectivity index (χ0n) is 5.34. The first-order chi connectivity index (χ1) is 5.46. The number of phenolic OH excluding ortho intramolecular Hbond substituents is 1. The van der Waals surface area contributed by atoms with Gasteiger partial charge in [0.05, 0.1) is 23.5 Å². The summed E-state index contributed by atoms with van der Waals surface area (Å²) in [4.78, 5) is 0. The zero-order chi connectivity index (χ0) is 9.46. The first-order valence-electron chi connectivity index (χ1n) is 2.67. The molecule has 12 heavy (non-hydrogen) atoms. The first-order valence-corrected chi connectivity index (χ1v) is 5.80. The molecule has 1 nitrogen and oxygen atoms in total. The molecule has 0 aliphatic heterocycles. The van der Waals surface area contributed by atoms with Crippen LogP contribution in [0.2, 0.25) is 10.0 Å². The Morgan fingerprint density at radius 1 is 0.833 bits per heavy atom. The minimum Gasteiger partial charge on any atom is -0.505 e. The maximum atomic E-state index is 9.38. The number of phenols is 1. The molecular weight excluding hydrogens is 399 g/mol. The summed E-state index contributed by atoms with van der Waals surface area (Å²) in [6, 6.07) is 0. The number of hydrogen-bond acceptors (Lipinski definition) is 1. The third-order valence-corrected chi connectivity index (χ3v) is 5.51. The molecule has 0 radical (unpaired) electrons. The van der Waals surface area contributed by atoms with Crippen molar-refractivity contribution in [2.45, 2.75) is 0 Å². The maximum Gasteiger partial charge on any atom is 0.151 e. The summed E-state index contributed by atoms with van der Waals surface area (Å²) in [7, 11) is 0. The third kappa shape index (κ3) is 1.77. The summed E-state index contributed by atoms with van der Waals surface area (Å²) in [5.74, 6) is -0.0725. The number of halogens is 5. The molecule has 0 saturated heterocycles. The van der Waals surface area contributed by atoms with Gasteiger partial charge in [0.2, 0.25) is 0 Å². The average Bonchev–Trinajstić information content (AvgIpc) is 2.08. The van der Waals surface area contributed by atoms with Crippen LogP contribution in [0.4, 0.5) is 0 Å². The fourth-order valence-corrected chi connectivity index (χ4v) is 2.75. The lowest BCUT2D eigenvalue weighted by Gasteiger charge is -2.07. The van der Waals surface area contributed by atoms with Crippen molar-refractivity contribution in [2.24, 2.45) is 0 Å². The Kier molecular flexibility index (Phi) is 3.75. The van der Waals surface area contributed by atoms with Crippen LogP contribution in [0, 0.1) is 0 Å². The van der Waals surface area contributed by atoms with Gasteiger partial charge in [-0.05, 0) is 47.8 Å². The van der Waals surface area contributed by atoms with E-state index in [0.29, 0.717) is 18.4 Å². The van der Waals surface area contributed by atoms with Gasteiger partial charge >= 0.3 is 0 Å². The molecule has 1 N–H and O–H groups in total. The van der Waals surface area contributed by atoms with Gasteiger partial charge in [0, 0.05) is 0 Å². The van der Waals surface area contributed by atoms with Crippen molar-refractivity contribution in [1.82, 2.24) is 0 Å². The summed E-state index contributed by atoms with van der Waals surface area (Å²) >= 11 is 21.0. The van der Waals surface area contributed by atoms with Crippen LogP contribution in [0.15, 0.2) is 13.4 Å². The van der Waals surface area contributed by atoms with Crippen molar-refractivity contribution in [3.05, 3.63) is 23.5 Å². The van der Waals surface area contributed by atoms with Crippen LogP contribution in [0.5, 0.6) is 5.75 Å². The second-order valence-electron chi connectivity index (χ2n) is 1.92. The van der Waals surface area contributed by atoms with Crippen LogP contribution in [0.25, 0.3) is 0 Å². The van der Waals surface area contributed by atoms with Crippen molar-refractivity contribution in [3.8, 4) is 5.75 Å². The summed E-state index contributed by atoms with van der Waals surface area (Å²) in [6.07, 6.45) is 0. The smallest absolute Gasteiger partial charge is 0.151 e. The number of hydrogen-bond donors (Lipinski definition) is 1. The van der Waals surface area contributed by atoms with Gasteiger partial charge in [-0.15, -0.1) is 0 Å². The van der Waals surface area contributed by atoms with E-state index in [1.165, 1.54) is 0 Å². The SMILES string of the molecule is Oc1c(Cl)c(Br)c(Br)c(Cl)c1Br. The first kappa shape index (κ1) is 11.1. The van der Waals surface area contributed by atoms with Crippen molar-refractivity contribution >= 4 is 71.0 Å². The molecule has 0 aliphatic carbocycles. The molecule has 0 aromatic heterocycles. The third-order valence-electron chi connectivity index (χ3n) is 1.19. The van der Waals surface area contributed by atoms with Gasteiger partial charge in [-0.1, -0.05) is 23.2 Å². The van der Waals surface area contributed by atoms with E-state index in [-0.39, 0.29) is 10.8 Å². The Labute approximate surface area is 104 Å². The molecule has 1 rings (SSSR count). The minimum atomic E-state index is -0.0725. The second kappa shape index (κ2) is 4.05. The van der Waals surface area contributed by atoms with E-state index < -0.39 is 0 Å². The molecular formula is C6HBr3Cl2O. The van der Waals surface area contributed by atoms with Gasteiger partial charge in [0.25, 0.3) is 0 Å². The molecule has 1 aromatic carbocycles. The molecule has 0 atom stereocenters. The fourth-order valence-electron chi connectivity index (χ4n) is 0.593. The van der Waals surface area contributed by atoms with Crippen LogP contribution in [0.3, 0.4) is 0 Å². The highest BCUT2D eigenvalue weighted by atomic mass is 79.9. The predicted molar refractivity (Wildman–Crippen MR) is 61.2 cm³/mol. The lowest BCUT2D eigenvalue weighted by Crippen LogP contribution is -1.79. The Morgan fingerprint density at radius 2 is 1.25 bits per heavy atom. The molecule has 0 spiro atoms. The number of aromatic hydroxyl groups is 1. The summed E-state index contributed by atoms with van der Waals surface area (Å²) in [5, 5.41) is 9.98. The van der Waals surface area contributed by atoms with Crippen molar-refractivity contribution in [3.63, 3.8) is 0 Å². The van der Waals surface area contributed by atoms with Gasteiger partial charge < -0.3 is 5.11 Å². The molecule has 1 aromatic rings. The highest BCUT2D eigenvalue weighted by molar-refractivity contribution is 9.13. The maximum absolute atomic E-state index is 9.38. The summed E-state index contributed by atoms with van der Waals surface area (Å²) < 4.78 is 1.53. The minimum absolute atomic E-state index is 0.0725. The topological polar surface area (TPSA) is 20.2 Å². The normalized spacial score (nSPS) is 10.4. The molecule has 0 unspecified atom stereocenters. The van der Waals surface area contributed by atoms with E-state index in [2.05, 4.69) is 47.8 Å². The van der Waals surface area contributed by atoms with Crippen LogP contribution in [-0.4, -0.2) is 5.11 Å². The van der Waals surface area contributed by atoms with Crippen LogP contribution >= 0.6 is 71.0 Å². The van der Waals surface area contributed by atoms with Crippen molar-refractivity contribution in [1.29, 1.82) is 0 Å². The molecule has 0 heterocycles. The fraction of sp³-hybridized carbons (Fsp3) is 0. The predicted octanol–water partition coefficient (Wildman–Crippen LogP) is 4.99. The van der Waals surface area contributed by atoms with Crippen molar-refractivity contribution in [2.75, 3.05) is 0 Å². The number of rotatable bonds is 0. The van der Waals surface area contributed by atoms with E-state index >= 15 is 0 Å². The largest absolute Gasteiger partial charge is 0.505 e. The molecule has 0 bridgehead atoms. The van der Waals surface area contributed by atoms with E-state index in [9.17, 15) is 5.11 Å². The second-order valence-corrected chi connectivity index (χ2v) is 5.05. The molecule has 6 heteroatoms. The van der Waals surface area contributed by atoms with Gasteiger partial charge in [0.1, 0.15) is 0 Å². The molecule has 66 valence electrons. The lowest BCUT2D eigenvalue weighted by molar-refractivity contribution is 0.471. The van der Waals surface area contributed by atoms with E-state index in [0.717, 1.165) is 0 Å². The van der Waals surface area contributed by atoms with E-state index in [1.54, 1.807) is 0 Å². The Bertz CT molecular complexity index is 235. The Morgan fingerprint density at radius 3 is 1.75 bits per heavy atom. The van der Waals surface area contributed by atoms with Gasteiger partial charge in [-0.25, -0.2) is 0 Å². The van der Waals surface area contributed by atoms with E-state index in [1.807, 2.05) is 0 Å². The number of benzene rings is 1. The Hall–Kier alpha value is 1.04. The van der Waals surface area contributed by atoms with Gasteiger partial charge in [0.15, 0.2) is 5.75 Å². The molecule has 0 aliphatic rings. The summed E-state index contributed by atoms with van der Waals surface area (Å²) in [5.41, 5.74) is 0.